The zero-order chi connectivity index (χ0) is 23.3. The highest BCUT2D eigenvalue weighted by Crippen LogP contribution is 2.48. The number of aryl methyl sites for hydroxylation is 1. The first-order chi connectivity index (χ1) is 16.6. The Morgan fingerprint density at radius 2 is 1.47 bits per heavy atom. The van der Waals surface area contributed by atoms with E-state index in [0.29, 0.717) is 19.4 Å². The third-order valence-corrected chi connectivity index (χ3v) is 8.21. The maximum absolute atomic E-state index is 13.3. The van der Waals surface area contributed by atoms with Gasteiger partial charge in [0.05, 0.1) is 5.60 Å². The molecule has 2 heterocycles. The van der Waals surface area contributed by atoms with Gasteiger partial charge in [-0.25, -0.2) is 4.79 Å². The summed E-state index contributed by atoms with van der Waals surface area (Å²) in [5.74, 6) is 0.0622. The van der Waals surface area contributed by atoms with E-state index < -0.39 is 5.60 Å². The molecule has 3 aromatic rings. The summed E-state index contributed by atoms with van der Waals surface area (Å²) in [7, 11) is 0. The smallest absolute Gasteiger partial charge is 0.410 e. The highest BCUT2D eigenvalue weighted by atomic mass is 16.6. The van der Waals surface area contributed by atoms with Crippen LogP contribution in [0.25, 0.3) is 11.1 Å². The fraction of sp³-hybridized carbons (Fsp3) is 0.367. The second kappa shape index (κ2) is 8.28. The average molecular weight is 454 g/mol. The summed E-state index contributed by atoms with van der Waals surface area (Å²) in [6.07, 6.45) is 3.65. The third-order valence-electron chi connectivity index (χ3n) is 8.21. The number of benzene rings is 3. The van der Waals surface area contributed by atoms with E-state index >= 15 is 0 Å². The lowest BCUT2D eigenvalue weighted by Gasteiger charge is -2.44. The number of piperidine rings is 1. The summed E-state index contributed by atoms with van der Waals surface area (Å²) in [5, 5.41) is 11.7. The van der Waals surface area contributed by atoms with E-state index in [-0.39, 0.29) is 24.1 Å². The second-order valence-corrected chi connectivity index (χ2v) is 10.0. The van der Waals surface area contributed by atoms with Gasteiger partial charge in [-0.1, -0.05) is 79.7 Å². The Labute approximate surface area is 201 Å². The van der Waals surface area contributed by atoms with E-state index in [1.165, 1.54) is 27.8 Å². The number of fused-ring (bicyclic) bond motifs is 5. The zero-order valence-electron chi connectivity index (χ0n) is 19.6. The Bertz CT molecular complexity index is 1180. The van der Waals surface area contributed by atoms with Crippen LogP contribution in [0.1, 0.15) is 60.8 Å². The lowest BCUT2D eigenvalue weighted by molar-refractivity contribution is -0.0536. The molecule has 0 aromatic heterocycles. The summed E-state index contributed by atoms with van der Waals surface area (Å²) in [6.45, 7) is 2.47. The maximum atomic E-state index is 13.3. The van der Waals surface area contributed by atoms with Gasteiger partial charge in [0.1, 0.15) is 6.61 Å². The van der Waals surface area contributed by atoms with Gasteiger partial charge in [0.15, 0.2) is 0 Å². The van der Waals surface area contributed by atoms with Crippen molar-refractivity contribution in [1.82, 2.24) is 4.90 Å². The second-order valence-electron chi connectivity index (χ2n) is 10.0. The zero-order valence-corrected chi connectivity index (χ0v) is 19.6. The van der Waals surface area contributed by atoms with Crippen molar-refractivity contribution in [2.45, 2.75) is 62.6 Å². The molecule has 0 radical (unpaired) electrons. The first-order valence-corrected chi connectivity index (χ1v) is 12.5. The number of hydrogen-bond donors (Lipinski definition) is 1. The van der Waals surface area contributed by atoms with Crippen molar-refractivity contribution in [2.75, 3.05) is 6.61 Å². The van der Waals surface area contributed by atoms with Crippen molar-refractivity contribution in [3.8, 4) is 11.1 Å². The Kier molecular flexibility index (Phi) is 5.22. The van der Waals surface area contributed by atoms with Crippen LogP contribution in [-0.2, 0) is 16.8 Å². The topological polar surface area (TPSA) is 49.8 Å². The molecule has 0 saturated carbocycles. The maximum Gasteiger partial charge on any atom is 0.410 e. The summed E-state index contributed by atoms with van der Waals surface area (Å²) in [5.41, 5.74) is 6.26. The van der Waals surface area contributed by atoms with Crippen molar-refractivity contribution < 1.29 is 14.6 Å². The van der Waals surface area contributed by atoms with Gasteiger partial charge in [0.25, 0.3) is 0 Å². The molecule has 2 fully saturated rings. The Hall–Kier alpha value is -3.11. The minimum Gasteiger partial charge on any atom is -0.448 e. The van der Waals surface area contributed by atoms with Gasteiger partial charge in [0.2, 0.25) is 0 Å². The van der Waals surface area contributed by atoms with E-state index in [9.17, 15) is 9.90 Å². The van der Waals surface area contributed by atoms with Gasteiger partial charge in [-0.2, -0.15) is 0 Å². The van der Waals surface area contributed by atoms with Crippen molar-refractivity contribution >= 4 is 6.09 Å². The molecule has 6 rings (SSSR count). The molecular weight excluding hydrogens is 422 g/mol. The van der Waals surface area contributed by atoms with Crippen LogP contribution in [0.4, 0.5) is 4.79 Å². The molecule has 0 spiro atoms. The van der Waals surface area contributed by atoms with Gasteiger partial charge in [0, 0.05) is 30.8 Å². The molecule has 3 aliphatic rings. The van der Waals surface area contributed by atoms with Gasteiger partial charge < -0.3 is 14.7 Å². The molecular formula is C30H31NO3. The van der Waals surface area contributed by atoms with Gasteiger partial charge in [-0.05, 0) is 52.6 Å². The van der Waals surface area contributed by atoms with E-state index in [2.05, 4.69) is 67.6 Å². The average Bonchev–Trinajstić information content (AvgIpc) is 3.34. The lowest BCUT2D eigenvalue weighted by Crippen LogP contribution is -2.52. The fourth-order valence-electron chi connectivity index (χ4n) is 6.69. The molecule has 1 aliphatic carbocycles. The van der Waals surface area contributed by atoms with Crippen LogP contribution in [0.3, 0.4) is 0 Å². The van der Waals surface area contributed by atoms with Gasteiger partial charge >= 0.3 is 6.09 Å². The van der Waals surface area contributed by atoms with Gasteiger partial charge in [-0.15, -0.1) is 0 Å². The Balaban J connectivity index is 1.19. The lowest BCUT2D eigenvalue weighted by atomic mass is 9.78. The number of carbonyl (C=O) groups excluding carboxylic acids is 1. The number of carbonyl (C=O) groups is 1. The molecule has 2 aliphatic heterocycles. The van der Waals surface area contributed by atoms with Crippen LogP contribution in [0, 0.1) is 0 Å². The molecule has 34 heavy (non-hydrogen) atoms. The number of hydrogen-bond acceptors (Lipinski definition) is 3. The largest absolute Gasteiger partial charge is 0.448 e. The molecule has 1 N–H and O–H groups in total. The number of nitrogens with zero attached hydrogens (tertiary/aromatic N) is 1. The predicted octanol–water partition coefficient (Wildman–Crippen LogP) is 6.01. The highest BCUT2D eigenvalue weighted by Gasteiger charge is 2.51. The Morgan fingerprint density at radius 3 is 2.09 bits per heavy atom. The molecule has 2 unspecified atom stereocenters. The third kappa shape index (κ3) is 3.35. The quantitative estimate of drug-likeness (QED) is 0.526. The molecule has 2 atom stereocenters. The fourth-order valence-corrected chi connectivity index (χ4v) is 6.69. The minimum absolute atomic E-state index is 0.0179. The van der Waals surface area contributed by atoms with Gasteiger partial charge in [-0.3, -0.25) is 0 Å². The molecule has 2 bridgehead atoms. The number of rotatable bonds is 4. The normalized spacial score (nSPS) is 25.2. The number of ether oxygens (including phenoxy) is 1. The minimum atomic E-state index is -0.876. The van der Waals surface area contributed by atoms with Crippen molar-refractivity contribution in [3.05, 3.63) is 95.1 Å². The van der Waals surface area contributed by atoms with Crippen LogP contribution < -0.4 is 0 Å². The molecule has 1 amide bonds. The monoisotopic (exact) mass is 453 g/mol. The molecule has 174 valence electrons. The molecule has 4 heteroatoms. The highest BCUT2D eigenvalue weighted by molar-refractivity contribution is 5.79. The van der Waals surface area contributed by atoms with E-state index in [1.807, 2.05) is 17.0 Å². The summed E-state index contributed by atoms with van der Waals surface area (Å²) < 4.78 is 5.98. The van der Waals surface area contributed by atoms with Crippen LogP contribution in [0.15, 0.2) is 72.8 Å². The van der Waals surface area contributed by atoms with Crippen LogP contribution in [0.5, 0.6) is 0 Å². The first-order valence-electron chi connectivity index (χ1n) is 12.5. The Morgan fingerprint density at radius 1 is 0.912 bits per heavy atom. The van der Waals surface area contributed by atoms with E-state index in [0.717, 1.165) is 24.8 Å². The van der Waals surface area contributed by atoms with Crippen molar-refractivity contribution in [3.63, 3.8) is 0 Å². The van der Waals surface area contributed by atoms with Crippen molar-refractivity contribution in [2.24, 2.45) is 0 Å². The van der Waals surface area contributed by atoms with E-state index in [1.54, 1.807) is 0 Å². The number of aliphatic hydroxyl groups is 1. The van der Waals surface area contributed by atoms with E-state index in [4.69, 9.17) is 4.74 Å². The SMILES string of the molecule is CCc1ccccc1C1(O)CC2CCC(C1)N2C(=O)OCC1c2ccccc2-c2ccccc21. The summed E-state index contributed by atoms with van der Waals surface area (Å²) >= 11 is 0. The van der Waals surface area contributed by atoms with Crippen molar-refractivity contribution in [1.29, 1.82) is 0 Å². The molecule has 4 nitrogen and oxygen atoms in total. The molecule has 2 saturated heterocycles. The standard InChI is InChI=1S/C30H31NO3/c1-2-20-9-3-8-14-28(20)30(33)17-21-15-16-22(18-30)31(21)29(32)34-19-27-25-12-6-4-10-23(25)24-11-5-7-13-26(24)27/h3-14,21-22,27,33H,2,15-19H2,1H3. The first kappa shape index (κ1) is 21.4. The summed E-state index contributed by atoms with van der Waals surface area (Å²) in [6, 6.07) is 25.1. The molecule has 3 aromatic carbocycles. The predicted molar refractivity (Wildman–Crippen MR) is 133 cm³/mol. The summed E-state index contributed by atoms with van der Waals surface area (Å²) in [4.78, 5) is 15.3. The van der Waals surface area contributed by atoms with Crippen LogP contribution in [-0.4, -0.2) is 34.8 Å². The van der Waals surface area contributed by atoms with Crippen LogP contribution in [0.2, 0.25) is 0 Å². The number of amides is 1. The van der Waals surface area contributed by atoms with Crippen LogP contribution >= 0.6 is 0 Å².